The normalized spacial score (nSPS) is 10.8. The minimum Gasteiger partial charge on any atom is -0.323 e. The Balaban J connectivity index is 3.31. The maximum atomic E-state index is 12.1. The summed E-state index contributed by atoms with van der Waals surface area (Å²) >= 11 is 5.74. The average Bonchev–Trinajstić information content (AvgIpc) is 2.25. The topological polar surface area (TPSA) is 80.8 Å². The number of nitrogens with zero attached hydrogens (tertiary/aromatic N) is 1. The molecule has 0 aliphatic rings. The number of hydroxylamine groups is 1. The molecule has 0 heterocycles. The van der Waals surface area contributed by atoms with Crippen molar-refractivity contribution in [1.29, 1.82) is 0 Å². The molecule has 8 heteroatoms. The molecule has 0 aliphatic carbocycles. The molecule has 0 saturated carbocycles. The predicted molar refractivity (Wildman–Crippen MR) is 62.9 cm³/mol. The molecular formula is C10H10ClNO5S. The number of hydrogen-bond acceptors (Lipinski definition) is 5. The van der Waals surface area contributed by atoms with Crippen LogP contribution in [0.5, 0.6) is 0 Å². The van der Waals surface area contributed by atoms with Gasteiger partial charge in [-0.15, -0.1) is 0 Å². The second kappa shape index (κ2) is 5.36. The maximum Gasteiger partial charge on any atom is 0.330 e. The fourth-order valence-corrected chi connectivity index (χ4v) is 2.86. The monoisotopic (exact) mass is 291 g/mol. The molecule has 98 valence electrons. The van der Waals surface area contributed by atoms with Crippen LogP contribution in [0.3, 0.4) is 0 Å². The van der Waals surface area contributed by atoms with Gasteiger partial charge in [-0.3, -0.25) is 4.79 Å². The molecule has 0 radical (unpaired) electrons. The Morgan fingerprint density at radius 2 is 1.78 bits per heavy atom. The third kappa shape index (κ3) is 2.99. The first-order valence-corrected chi connectivity index (χ1v) is 6.57. The second-order valence-corrected chi connectivity index (χ2v) is 5.39. The van der Waals surface area contributed by atoms with E-state index in [-0.39, 0.29) is 14.4 Å². The lowest BCUT2D eigenvalue weighted by atomic mass is 10.4. The Morgan fingerprint density at radius 3 is 2.22 bits per heavy atom. The summed E-state index contributed by atoms with van der Waals surface area (Å²) in [7, 11) is -4.32. The molecular weight excluding hydrogens is 282 g/mol. The van der Waals surface area contributed by atoms with E-state index in [4.69, 9.17) is 11.6 Å². The number of halogens is 1. The lowest BCUT2D eigenvalue weighted by Crippen LogP contribution is -2.36. The minimum atomic E-state index is -4.32. The van der Waals surface area contributed by atoms with Crippen molar-refractivity contribution in [2.75, 3.05) is 0 Å². The average molecular weight is 292 g/mol. The van der Waals surface area contributed by atoms with Crippen molar-refractivity contribution < 1.29 is 22.8 Å². The zero-order chi connectivity index (χ0) is 13.9. The molecule has 0 aromatic heterocycles. The van der Waals surface area contributed by atoms with Gasteiger partial charge < -0.3 is 4.84 Å². The van der Waals surface area contributed by atoms with Gasteiger partial charge in [-0.1, -0.05) is 28.2 Å². The number of carbonyl (C=O) groups excluding carboxylic acids is 2. The quantitative estimate of drug-likeness (QED) is 0.768. The largest absolute Gasteiger partial charge is 0.330 e. The number of sulfonamides is 1. The Morgan fingerprint density at radius 1 is 1.22 bits per heavy atom. The van der Waals surface area contributed by atoms with E-state index in [0.717, 1.165) is 13.8 Å². The van der Waals surface area contributed by atoms with Gasteiger partial charge >= 0.3 is 5.97 Å². The molecule has 1 amide bonds. The van der Waals surface area contributed by atoms with E-state index in [2.05, 4.69) is 4.84 Å². The number of rotatable bonds is 2. The predicted octanol–water partition coefficient (Wildman–Crippen LogP) is 1.36. The van der Waals surface area contributed by atoms with Crippen LogP contribution in [0.2, 0.25) is 5.02 Å². The molecule has 1 rings (SSSR count). The van der Waals surface area contributed by atoms with Crippen LogP contribution < -0.4 is 0 Å². The van der Waals surface area contributed by atoms with Crippen molar-refractivity contribution in [3.63, 3.8) is 0 Å². The summed E-state index contributed by atoms with van der Waals surface area (Å²) in [4.78, 5) is 26.1. The lowest BCUT2D eigenvalue weighted by Gasteiger charge is -2.18. The van der Waals surface area contributed by atoms with Crippen molar-refractivity contribution in [2.24, 2.45) is 0 Å². The zero-order valence-corrected chi connectivity index (χ0v) is 11.2. The van der Waals surface area contributed by atoms with Crippen LogP contribution in [-0.4, -0.2) is 24.8 Å². The Kier molecular flexibility index (Phi) is 4.31. The molecule has 6 nitrogen and oxygen atoms in total. The van der Waals surface area contributed by atoms with Gasteiger partial charge in [-0.25, -0.2) is 4.79 Å². The van der Waals surface area contributed by atoms with Gasteiger partial charge in [0.25, 0.3) is 15.9 Å². The highest BCUT2D eigenvalue weighted by atomic mass is 35.5. The summed E-state index contributed by atoms with van der Waals surface area (Å²) in [6.07, 6.45) is 0. The van der Waals surface area contributed by atoms with Crippen molar-refractivity contribution in [2.45, 2.75) is 18.7 Å². The smallest absolute Gasteiger partial charge is 0.323 e. The first-order valence-electron chi connectivity index (χ1n) is 4.75. The summed E-state index contributed by atoms with van der Waals surface area (Å²) in [5.41, 5.74) is 0. The highest BCUT2D eigenvalue weighted by Gasteiger charge is 2.31. The number of carbonyl (C=O) groups is 2. The Bertz CT molecular complexity index is 584. The standard InChI is InChI=1S/C10H10ClNO5S/c1-7(13)12(17-8(2)14)18(15,16)10-6-4-3-5-9(10)11/h3-6H,1-2H3. The molecule has 0 unspecified atom stereocenters. The van der Waals surface area contributed by atoms with Crippen LogP contribution in [0.25, 0.3) is 0 Å². The van der Waals surface area contributed by atoms with E-state index in [1.165, 1.54) is 24.3 Å². The fraction of sp³-hybridized carbons (Fsp3) is 0.200. The molecule has 1 aromatic rings. The Hall–Kier alpha value is -1.60. The zero-order valence-electron chi connectivity index (χ0n) is 9.58. The van der Waals surface area contributed by atoms with Crippen molar-refractivity contribution in [1.82, 2.24) is 4.47 Å². The highest BCUT2D eigenvalue weighted by molar-refractivity contribution is 7.89. The van der Waals surface area contributed by atoms with E-state index in [9.17, 15) is 18.0 Å². The summed E-state index contributed by atoms with van der Waals surface area (Å²) in [6, 6.07) is 5.52. The lowest BCUT2D eigenvalue weighted by molar-refractivity contribution is -0.175. The first kappa shape index (κ1) is 14.5. The molecule has 0 spiro atoms. The van der Waals surface area contributed by atoms with Crippen LogP contribution in [0.4, 0.5) is 0 Å². The SMILES string of the molecule is CC(=O)ON(C(C)=O)S(=O)(=O)c1ccccc1Cl. The number of amides is 1. The van der Waals surface area contributed by atoms with Crippen LogP contribution in [0.1, 0.15) is 13.8 Å². The van der Waals surface area contributed by atoms with Gasteiger partial charge in [0.2, 0.25) is 0 Å². The molecule has 0 bridgehead atoms. The van der Waals surface area contributed by atoms with Crippen molar-refractivity contribution in [3.8, 4) is 0 Å². The van der Waals surface area contributed by atoms with Crippen LogP contribution in [0, 0.1) is 0 Å². The van der Waals surface area contributed by atoms with E-state index in [0.29, 0.717) is 0 Å². The van der Waals surface area contributed by atoms with E-state index < -0.39 is 21.9 Å². The highest BCUT2D eigenvalue weighted by Crippen LogP contribution is 2.24. The van der Waals surface area contributed by atoms with Gasteiger partial charge in [0.1, 0.15) is 4.90 Å². The van der Waals surface area contributed by atoms with Crippen LogP contribution in [-0.2, 0) is 24.4 Å². The maximum absolute atomic E-state index is 12.1. The summed E-state index contributed by atoms with van der Waals surface area (Å²) < 4.78 is 24.2. The molecule has 1 aromatic carbocycles. The molecule has 0 N–H and O–H groups in total. The number of benzene rings is 1. The van der Waals surface area contributed by atoms with Gasteiger partial charge in [0, 0.05) is 13.8 Å². The van der Waals surface area contributed by atoms with E-state index in [1.807, 2.05) is 0 Å². The second-order valence-electron chi connectivity index (χ2n) is 3.26. The van der Waals surface area contributed by atoms with Crippen molar-refractivity contribution >= 4 is 33.5 Å². The van der Waals surface area contributed by atoms with Crippen LogP contribution >= 0.6 is 11.6 Å². The number of hydrogen-bond donors (Lipinski definition) is 0. The van der Waals surface area contributed by atoms with E-state index >= 15 is 0 Å². The summed E-state index contributed by atoms with van der Waals surface area (Å²) in [5, 5.41) is -0.0732. The van der Waals surface area contributed by atoms with Gasteiger partial charge in [0.05, 0.1) is 5.02 Å². The first-order chi connectivity index (χ1) is 8.26. The van der Waals surface area contributed by atoms with E-state index in [1.54, 1.807) is 0 Å². The fourth-order valence-electron chi connectivity index (χ4n) is 1.14. The van der Waals surface area contributed by atoms with Gasteiger partial charge in [-0.05, 0) is 12.1 Å². The van der Waals surface area contributed by atoms with Gasteiger partial charge in [0.15, 0.2) is 0 Å². The molecule has 18 heavy (non-hydrogen) atoms. The third-order valence-corrected chi connectivity index (χ3v) is 3.92. The summed E-state index contributed by atoms with van der Waals surface area (Å²) in [5.74, 6) is -1.88. The van der Waals surface area contributed by atoms with Crippen LogP contribution in [0.15, 0.2) is 29.2 Å². The molecule has 0 atom stereocenters. The molecule has 0 fully saturated rings. The Labute approximate surface area is 109 Å². The minimum absolute atomic E-state index is 0.0105. The molecule has 0 saturated heterocycles. The third-order valence-electron chi connectivity index (χ3n) is 1.80. The summed E-state index contributed by atoms with van der Waals surface area (Å²) in [6.45, 7) is 1.94. The van der Waals surface area contributed by atoms with Gasteiger partial charge in [-0.2, -0.15) is 8.42 Å². The molecule has 0 aliphatic heterocycles. The van der Waals surface area contributed by atoms with Crippen molar-refractivity contribution in [3.05, 3.63) is 29.3 Å².